The van der Waals surface area contributed by atoms with Crippen LogP contribution in [0.15, 0.2) is 83.9 Å². The highest BCUT2D eigenvalue weighted by atomic mass is 32.1. The van der Waals surface area contributed by atoms with Crippen LogP contribution in [0.1, 0.15) is 48.2 Å². The number of ether oxygens (including phenoxy) is 1. The van der Waals surface area contributed by atoms with Crippen LogP contribution in [-0.2, 0) is 9.59 Å². The molecule has 0 amide bonds. The van der Waals surface area contributed by atoms with Crippen LogP contribution in [0.3, 0.4) is 0 Å². The first-order valence-corrected chi connectivity index (χ1v) is 13.4. The van der Waals surface area contributed by atoms with Gasteiger partial charge in [-0.25, -0.2) is 5.43 Å². The molecule has 4 unspecified atom stereocenters. The highest BCUT2D eigenvalue weighted by Gasteiger charge is 2.44. The molecule has 0 aliphatic carbocycles. The van der Waals surface area contributed by atoms with Crippen molar-refractivity contribution in [2.45, 2.75) is 43.8 Å². The van der Waals surface area contributed by atoms with Crippen molar-refractivity contribution in [2.24, 2.45) is 5.92 Å². The average molecular weight is 518 g/mol. The molecule has 37 heavy (non-hydrogen) atoms. The number of anilines is 1. The summed E-state index contributed by atoms with van der Waals surface area (Å²) < 4.78 is 5.37. The summed E-state index contributed by atoms with van der Waals surface area (Å²) in [7, 11) is 1.65. The number of carboxylic acid groups (broad SMARTS) is 1. The molecule has 5 rings (SSSR count). The molecule has 3 aromatic rings. The van der Waals surface area contributed by atoms with Crippen LogP contribution in [0.25, 0.3) is 0 Å². The number of carbonyl (C=O) groups is 2. The van der Waals surface area contributed by atoms with Crippen molar-refractivity contribution in [3.8, 4) is 5.75 Å². The van der Waals surface area contributed by atoms with E-state index in [1.54, 1.807) is 18.4 Å². The van der Waals surface area contributed by atoms with Gasteiger partial charge in [0.05, 0.1) is 24.9 Å². The topological polar surface area (TPSA) is 90.9 Å². The number of nitrogens with zero attached hydrogens (tertiary/aromatic N) is 1. The molecule has 4 atom stereocenters. The van der Waals surface area contributed by atoms with Gasteiger partial charge in [-0.15, -0.1) is 11.3 Å². The standard InChI is InChI=1S/C29H31N3O4S/c1-36-21-14-12-19(13-15-21)28-23(18-32(31-28)20-7-3-2-4-8-20)22-17-24(26-10-6-16-37-26)30-29(22)25(33)9-5-11-27(34)35/h2-4,6-8,10,12-16,18,22,24,28-31H,5,9,11,17H2,1H3,(H,34,35). The highest BCUT2D eigenvalue weighted by molar-refractivity contribution is 7.10. The summed E-state index contributed by atoms with van der Waals surface area (Å²) in [6.45, 7) is 0. The van der Waals surface area contributed by atoms with Gasteiger partial charge in [0, 0.05) is 35.9 Å². The molecule has 3 N–H and O–H groups in total. The summed E-state index contributed by atoms with van der Waals surface area (Å²) in [5, 5.41) is 16.8. The van der Waals surface area contributed by atoms with Crippen molar-refractivity contribution in [2.75, 3.05) is 12.1 Å². The van der Waals surface area contributed by atoms with Crippen LogP contribution in [0.2, 0.25) is 0 Å². The van der Waals surface area contributed by atoms with Crippen LogP contribution in [0.5, 0.6) is 5.75 Å². The third kappa shape index (κ3) is 5.61. The lowest BCUT2D eigenvalue weighted by atomic mass is 9.82. The van der Waals surface area contributed by atoms with Crippen molar-refractivity contribution in [1.29, 1.82) is 0 Å². The lowest BCUT2D eigenvalue weighted by molar-refractivity contribution is -0.137. The fourth-order valence-corrected chi connectivity index (χ4v) is 6.08. The number of carbonyl (C=O) groups excluding carboxylic acids is 1. The number of nitrogens with one attached hydrogen (secondary N) is 2. The van der Waals surface area contributed by atoms with Gasteiger partial charge in [-0.1, -0.05) is 36.4 Å². The number of hydrogen-bond donors (Lipinski definition) is 3. The van der Waals surface area contributed by atoms with Crippen LogP contribution in [-0.4, -0.2) is 30.0 Å². The zero-order chi connectivity index (χ0) is 25.8. The molecule has 2 aliphatic rings. The van der Waals surface area contributed by atoms with Crippen LogP contribution < -0.4 is 20.5 Å². The van der Waals surface area contributed by atoms with Crippen LogP contribution >= 0.6 is 11.3 Å². The number of methoxy groups -OCH3 is 1. The van der Waals surface area contributed by atoms with Crippen molar-refractivity contribution < 1.29 is 19.4 Å². The maximum Gasteiger partial charge on any atom is 0.303 e. The Hall–Kier alpha value is -3.46. The number of thiophene rings is 1. The number of rotatable bonds is 10. The van der Waals surface area contributed by atoms with Gasteiger partial charge < -0.3 is 9.84 Å². The predicted octanol–water partition coefficient (Wildman–Crippen LogP) is 5.25. The quantitative estimate of drug-likeness (QED) is 0.338. The molecule has 0 saturated carbocycles. The van der Waals surface area contributed by atoms with Gasteiger partial charge in [0.1, 0.15) is 11.5 Å². The molecule has 2 aliphatic heterocycles. The van der Waals surface area contributed by atoms with E-state index in [0.29, 0.717) is 6.42 Å². The fourth-order valence-electron chi connectivity index (χ4n) is 5.28. The highest BCUT2D eigenvalue weighted by Crippen LogP contribution is 2.44. The normalized spacial score (nSPS) is 23.2. The number of ketones is 1. The Kier molecular flexibility index (Phi) is 7.69. The molecule has 3 heterocycles. The minimum atomic E-state index is -0.874. The van der Waals surface area contributed by atoms with Gasteiger partial charge in [-0.3, -0.25) is 19.9 Å². The molecule has 1 saturated heterocycles. The Morgan fingerprint density at radius 1 is 1.05 bits per heavy atom. The summed E-state index contributed by atoms with van der Waals surface area (Å²) in [4.78, 5) is 25.7. The van der Waals surface area contributed by atoms with Crippen molar-refractivity contribution in [3.63, 3.8) is 0 Å². The Morgan fingerprint density at radius 3 is 2.51 bits per heavy atom. The van der Waals surface area contributed by atoms with Gasteiger partial charge in [0.25, 0.3) is 0 Å². The van der Waals surface area contributed by atoms with Gasteiger partial charge in [-0.2, -0.15) is 0 Å². The number of aliphatic carboxylic acids is 1. The largest absolute Gasteiger partial charge is 0.497 e. The van der Waals surface area contributed by atoms with Crippen molar-refractivity contribution in [1.82, 2.24) is 10.7 Å². The average Bonchev–Trinajstić information content (AvgIpc) is 3.68. The van der Waals surface area contributed by atoms with E-state index in [-0.39, 0.29) is 42.7 Å². The molecule has 1 fully saturated rings. The van der Waals surface area contributed by atoms with Gasteiger partial charge in [-0.05, 0) is 59.7 Å². The first-order valence-electron chi connectivity index (χ1n) is 12.5. The summed E-state index contributed by atoms with van der Waals surface area (Å²) >= 11 is 1.69. The molecular formula is C29H31N3O4S. The number of carboxylic acids is 1. The van der Waals surface area contributed by atoms with E-state index in [1.807, 2.05) is 53.5 Å². The molecule has 0 radical (unpaired) electrons. The van der Waals surface area contributed by atoms with E-state index in [0.717, 1.165) is 29.0 Å². The van der Waals surface area contributed by atoms with Crippen LogP contribution in [0, 0.1) is 5.92 Å². The van der Waals surface area contributed by atoms with E-state index in [1.165, 1.54) is 4.88 Å². The van der Waals surface area contributed by atoms with Gasteiger partial charge in [0.2, 0.25) is 0 Å². The van der Waals surface area contributed by atoms with E-state index in [4.69, 9.17) is 9.84 Å². The van der Waals surface area contributed by atoms with E-state index < -0.39 is 5.97 Å². The SMILES string of the molecule is COc1ccc(C2NN(c3ccccc3)C=C2C2CC(c3cccs3)NC2C(=O)CCCC(=O)O)cc1. The second-order valence-electron chi connectivity index (χ2n) is 9.44. The predicted molar refractivity (Wildman–Crippen MR) is 144 cm³/mol. The third-order valence-corrected chi connectivity index (χ3v) is 8.10. The van der Waals surface area contributed by atoms with E-state index >= 15 is 0 Å². The van der Waals surface area contributed by atoms with E-state index in [9.17, 15) is 9.59 Å². The maximum absolute atomic E-state index is 13.5. The molecule has 7 nitrogen and oxygen atoms in total. The molecule has 0 bridgehead atoms. The Bertz CT molecular complexity index is 1240. The zero-order valence-electron chi connectivity index (χ0n) is 20.7. The van der Waals surface area contributed by atoms with Crippen LogP contribution in [0.4, 0.5) is 5.69 Å². The Labute approximate surface area is 220 Å². The second-order valence-corrected chi connectivity index (χ2v) is 10.4. The number of para-hydroxylation sites is 1. The summed E-state index contributed by atoms with van der Waals surface area (Å²) in [6.07, 6.45) is 3.51. The minimum absolute atomic E-state index is 0.00199. The lowest BCUT2D eigenvalue weighted by Gasteiger charge is -2.25. The maximum atomic E-state index is 13.5. The number of hydrazine groups is 1. The molecule has 192 valence electrons. The number of benzene rings is 2. The number of Topliss-reactive ketones (excluding diaryl/α,β-unsaturated/α-hetero) is 1. The monoisotopic (exact) mass is 517 g/mol. The Balaban J connectivity index is 1.49. The Morgan fingerprint density at radius 2 is 1.84 bits per heavy atom. The van der Waals surface area contributed by atoms with Crippen molar-refractivity contribution in [3.05, 3.63) is 94.3 Å². The zero-order valence-corrected chi connectivity index (χ0v) is 21.5. The molecule has 2 aromatic carbocycles. The van der Waals surface area contributed by atoms with E-state index in [2.05, 4.69) is 40.5 Å². The summed E-state index contributed by atoms with van der Waals surface area (Å²) in [6, 6.07) is 21.8. The number of hydrogen-bond acceptors (Lipinski definition) is 7. The minimum Gasteiger partial charge on any atom is -0.497 e. The second kappa shape index (κ2) is 11.3. The summed E-state index contributed by atoms with van der Waals surface area (Å²) in [5.74, 6) is -0.0597. The molecule has 8 heteroatoms. The third-order valence-electron chi connectivity index (χ3n) is 7.11. The lowest BCUT2D eigenvalue weighted by Crippen LogP contribution is -2.38. The van der Waals surface area contributed by atoms with Crippen molar-refractivity contribution >= 4 is 28.8 Å². The fraction of sp³-hybridized carbons (Fsp3) is 0.310. The first-order chi connectivity index (χ1) is 18.0. The molecule has 0 spiro atoms. The van der Waals surface area contributed by atoms with Gasteiger partial charge >= 0.3 is 5.97 Å². The smallest absolute Gasteiger partial charge is 0.303 e. The van der Waals surface area contributed by atoms with Gasteiger partial charge in [0.15, 0.2) is 0 Å². The summed E-state index contributed by atoms with van der Waals surface area (Å²) in [5.41, 5.74) is 6.88. The molecular weight excluding hydrogens is 486 g/mol. The first kappa shape index (κ1) is 25.2. The molecule has 1 aromatic heterocycles.